The van der Waals surface area contributed by atoms with Crippen LogP contribution in [0, 0.1) is 5.82 Å². The van der Waals surface area contributed by atoms with Crippen LogP contribution in [0.3, 0.4) is 0 Å². The Bertz CT molecular complexity index is 1270. The fourth-order valence-corrected chi connectivity index (χ4v) is 3.55. The molecule has 4 rings (SSSR count). The zero-order valence-corrected chi connectivity index (χ0v) is 16.1. The highest BCUT2D eigenvalue weighted by molar-refractivity contribution is 6.35. The molecule has 3 N–H and O–H groups in total. The second-order valence-electron chi connectivity index (χ2n) is 6.43. The SMILES string of the molecule is CC(=O)Nc1cn2cc(-c3c(Cl)c(F)c(C(C)NC=O)c4[nH]ncc34)ncc2n1. The summed E-state index contributed by atoms with van der Waals surface area (Å²) in [6.45, 7) is 3.02. The Balaban J connectivity index is 1.91. The molecule has 0 fully saturated rings. The van der Waals surface area contributed by atoms with E-state index in [1.807, 2.05) is 0 Å². The van der Waals surface area contributed by atoms with Crippen LogP contribution in [0.2, 0.25) is 5.02 Å². The van der Waals surface area contributed by atoms with Gasteiger partial charge >= 0.3 is 0 Å². The maximum atomic E-state index is 15.2. The summed E-state index contributed by atoms with van der Waals surface area (Å²) < 4.78 is 16.8. The average Bonchev–Trinajstić information content (AvgIpc) is 3.28. The van der Waals surface area contributed by atoms with E-state index < -0.39 is 11.9 Å². The summed E-state index contributed by atoms with van der Waals surface area (Å²) in [5.41, 5.74) is 1.86. The van der Waals surface area contributed by atoms with E-state index in [1.54, 1.807) is 23.7 Å². The van der Waals surface area contributed by atoms with Gasteiger partial charge in [-0.05, 0) is 6.92 Å². The highest BCUT2D eigenvalue weighted by Crippen LogP contribution is 2.40. The van der Waals surface area contributed by atoms with Crippen LogP contribution in [0.5, 0.6) is 0 Å². The minimum absolute atomic E-state index is 0.137. The maximum Gasteiger partial charge on any atom is 0.222 e. The van der Waals surface area contributed by atoms with Crippen molar-refractivity contribution in [1.82, 2.24) is 29.9 Å². The van der Waals surface area contributed by atoms with Gasteiger partial charge in [0.2, 0.25) is 12.3 Å². The molecule has 1 aromatic carbocycles. The van der Waals surface area contributed by atoms with Crippen LogP contribution >= 0.6 is 11.6 Å². The highest BCUT2D eigenvalue weighted by Gasteiger charge is 2.25. The number of benzene rings is 1. The molecule has 0 aliphatic carbocycles. The number of H-pyrrole nitrogens is 1. The molecule has 4 aromatic rings. The Kier molecular flexibility index (Phi) is 4.63. The summed E-state index contributed by atoms with van der Waals surface area (Å²) in [7, 11) is 0. The number of imidazole rings is 1. The Labute approximate surface area is 168 Å². The largest absolute Gasteiger partial charge is 0.352 e. The van der Waals surface area contributed by atoms with E-state index in [0.29, 0.717) is 40.0 Å². The van der Waals surface area contributed by atoms with Crippen molar-refractivity contribution in [3.8, 4) is 11.3 Å². The molecule has 0 saturated carbocycles. The molecular weight excluding hydrogens is 401 g/mol. The minimum Gasteiger partial charge on any atom is -0.352 e. The van der Waals surface area contributed by atoms with E-state index in [9.17, 15) is 9.59 Å². The van der Waals surface area contributed by atoms with Crippen LogP contribution in [-0.2, 0) is 9.59 Å². The van der Waals surface area contributed by atoms with Gasteiger partial charge in [0.25, 0.3) is 0 Å². The second kappa shape index (κ2) is 7.13. The van der Waals surface area contributed by atoms with Crippen molar-refractivity contribution in [1.29, 1.82) is 0 Å². The highest BCUT2D eigenvalue weighted by atomic mass is 35.5. The summed E-state index contributed by atoms with van der Waals surface area (Å²) in [5.74, 6) is -0.557. The number of carbonyl (C=O) groups excluding carboxylic acids is 2. The van der Waals surface area contributed by atoms with Gasteiger partial charge in [0.1, 0.15) is 5.82 Å². The van der Waals surface area contributed by atoms with Gasteiger partial charge in [0.15, 0.2) is 11.5 Å². The van der Waals surface area contributed by atoms with Crippen molar-refractivity contribution in [2.24, 2.45) is 0 Å². The average molecular weight is 416 g/mol. The monoisotopic (exact) mass is 415 g/mol. The predicted octanol–water partition coefficient (Wildman–Crippen LogP) is 2.83. The van der Waals surface area contributed by atoms with E-state index in [1.165, 1.54) is 19.3 Å². The summed E-state index contributed by atoms with van der Waals surface area (Å²) >= 11 is 6.38. The number of hydrogen-bond acceptors (Lipinski definition) is 5. The lowest BCUT2D eigenvalue weighted by Crippen LogP contribution is -2.18. The van der Waals surface area contributed by atoms with Gasteiger partial charge in [-0.3, -0.25) is 19.7 Å². The van der Waals surface area contributed by atoms with Gasteiger partial charge in [0.05, 0.1) is 40.9 Å². The van der Waals surface area contributed by atoms with Crippen molar-refractivity contribution in [2.75, 3.05) is 5.32 Å². The number of amides is 2. The number of hydrogen-bond donors (Lipinski definition) is 3. The lowest BCUT2D eigenvalue weighted by atomic mass is 9.99. The zero-order valence-electron chi connectivity index (χ0n) is 15.3. The molecule has 1 unspecified atom stereocenters. The normalized spacial score (nSPS) is 12.3. The van der Waals surface area contributed by atoms with E-state index >= 15 is 4.39 Å². The lowest BCUT2D eigenvalue weighted by molar-refractivity contribution is -0.114. The van der Waals surface area contributed by atoms with Crippen molar-refractivity contribution < 1.29 is 14.0 Å². The van der Waals surface area contributed by atoms with Gasteiger partial charge in [-0.25, -0.2) is 9.37 Å². The summed E-state index contributed by atoms with van der Waals surface area (Å²) in [5, 5.41) is 12.3. The first-order chi connectivity index (χ1) is 13.9. The number of aromatic nitrogens is 5. The molecule has 9 nitrogen and oxygen atoms in total. The summed E-state index contributed by atoms with van der Waals surface area (Å²) in [4.78, 5) is 30.6. The van der Waals surface area contributed by atoms with Crippen molar-refractivity contribution in [3.63, 3.8) is 0 Å². The molecule has 3 heterocycles. The minimum atomic E-state index is -0.674. The molecule has 2 amide bonds. The van der Waals surface area contributed by atoms with Crippen LogP contribution in [-0.4, -0.2) is 36.9 Å². The van der Waals surface area contributed by atoms with Gasteiger partial charge < -0.3 is 15.0 Å². The van der Waals surface area contributed by atoms with E-state index in [0.717, 1.165) is 0 Å². The van der Waals surface area contributed by atoms with Crippen LogP contribution < -0.4 is 10.6 Å². The molecule has 0 spiro atoms. The predicted molar refractivity (Wildman–Crippen MR) is 105 cm³/mol. The zero-order chi connectivity index (χ0) is 20.7. The molecular formula is C18H15ClFN7O2. The smallest absolute Gasteiger partial charge is 0.222 e. The first-order valence-corrected chi connectivity index (χ1v) is 8.94. The number of aromatic amines is 1. The topological polar surface area (TPSA) is 117 Å². The third kappa shape index (κ3) is 3.17. The maximum absolute atomic E-state index is 15.2. The fraction of sp³-hybridized carbons (Fsp3) is 0.167. The van der Waals surface area contributed by atoms with E-state index in [-0.39, 0.29) is 16.5 Å². The molecule has 148 valence electrons. The second-order valence-corrected chi connectivity index (χ2v) is 6.80. The standard InChI is InChI=1S/C18H15ClFN7O2/c1-8(22-7-28)14-17(20)16(19)15(10-3-23-26-18(10)14)11-5-27-6-12(24-9(2)29)25-13(27)4-21-11/h3-8H,1-2H3,(H,22,28)(H,23,26)(H,24,29). The van der Waals surface area contributed by atoms with Gasteiger partial charge in [-0.15, -0.1) is 0 Å². The van der Waals surface area contributed by atoms with Gasteiger partial charge in [0, 0.05) is 29.6 Å². The Morgan fingerprint density at radius 3 is 2.90 bits per heavy atom. The number of nitrogens with one attached hydrogen (secondary N) is 3. The quantitative estimate of drug-likeness (QED) is 0.433. The van der Waals surface area contributed by atoms with E-state index in [4.69, 9.17) is 11.6 Å². The number of nitrogens with zero attached hydrogens (tertiary/aromatic N) is 4. The number of carbonyl (C=O) groups is 2. The molecule has 29 heavy (non-hydrogen) atoms. The third-order valence-corrected chi connectivity index (χ3v) is 4.83. The van der Waals surface area contributed by atoms with Crippen LogP contribution in [0.25, 0.3) is 27.8 Å². The number of anilines is 1. The van der Waals surface area contributed by atoms with Crippen LogP contribution in [0.4, 0.5) is 10.2 Å². The van der Waals surface area contributed by atoms with Crippen molar-refractivity contribution in [2.45, 2.75) is 19.9 Å². The van der Waals surface area contributed by atoms with Crippen LogP contribution in [0.1, 0.15) is 25.5 Å². The third-order valence-electron chi connectivity index (χ3n) is 4.48. The first-order valence-electron chi connectivity index (χ1n) is 8.57. The molecule has 0 aliphatic heterocycles. The Morgan fingerprint density at radius 2 is 2.17 bits per heavy atom. The molecule has 11 heteroatoms. The van der Waals surface area contributed by atoms with Crippen molar-refractivity contribution >= 4 is 46.3 Å². The lowest BCUT2D eigenvalue weighted by Gasteiger charge is -2.16. The molecule has 0 radical (unpaired) electrons. The fourth-order valence-electron chi connectivity index (χ4n) is 3.25. The number of fused-ring (bicyclic) bond motifs is 2. The van der Waals surface area contributed by atoms with Crippen LogP contribution in [0.15, 0.2) is 24.8 Å². The Morgan fingerprint density at radius 1 is 1.38 bits per heavy atom. The Hall–Kier alpha value is -3.53. The summed E-state index contributed by atoms with van der Waals surface area (Å²) in [6.07, 6.45) is 6.76. The van der Waals surface area contributed by atoms with E-state index in [2.05, 4.69) is 30.8 Å². The first kappa shape index (κ1) is 18.8. The van der Waals surface area contributed by atoms with Gasteiger partial charge in [-0.2, -0.15) is 5.10 Å². The number of rotatable bonds is 5. The molecule has 0 aliphatic rings. The molecule has 3 aromatic heterocycles. The summed E-state index contributed by atoms with van der Waals surface area (Å²) in [6, 6.07) is -0.619. The van der Waals surface area contributed by atoms with Crippen molar-refractivity contribution in [3.05, 3.63) is 41.2 Å². The molecule has 0 saturated heterocycles. The van der Waals surface area contributed by atoms with Gasteiger partial charge in [-0.1, -0.05) is 11.6 Å². The number of halogens is 2. The molecule has 1 atom stereocenters. The molecule has 0 bridgehead atoms.